The van der Waals surface area contributed by atoms with Crippen molar-refractivity contribution in [3.8, 4) is 5.75 Å². The van der Waals surface area contributed by atoms with Crippen LogP contribution in [0.4, 0.5) is 0 Å². The van der Waals surface area contributed by atoms with Crippen LogP contribution in [0.2, 0.25) is 0 Å². The fourth-order valence-corrected chi connectivity index (χ4v) is 1.72. The Labute approximate surface area is 89.6 Å². The van der Waals surface area contributed by atoms with Gasteiger partial charge in [-0.15, -0.1) is 0 Å². The molecule has 0 aromatic heterocycles. The SMILES string of the molecule is Cc1ccc2c(c1)C=C(C=O)C(C)(C)O2. The van der Waals surface area contributed by atoms with Crippen LogP contribution in [0.3, 0.4) is 0 Å². The Morgan fingerprint density at radius 1 is 1.33 bits per heavy atom. The van der Waals surface area contributed by atoms with Crippen LogP contribution in [0.1, 0.15) is 25.0 Å². The zero-order valence-electron chi connectivity index (χ0n) is 9.20. The van der Waals surface area contributed by atoms with E-state index in [0.29, 0.717) is 5.57 Å². The van der Waals surface area contributed by atoms with Gasteiger partial charge in [-0.25, -0.2) is 0 Å². The van der Waals surface area contributed by atoms with Gasteiger partial charge in [0, 0.05) is 11.1 Å². The lowest BCUT2D eigenvalue weighted by Gasteiger charge is -2.31. The number of ether oxygens (including phenoxy) is 1. The van der Waals surface area contributed by atoms with Gasteiger partial charge in [-0.1, -0.05) is 11.6 Å². The van der Waals surface area contributed by atoms with Crippen LogP contribution >= 0.6 is 0 Å². The third-order valence-corrected chi connectivity index (χ3v) is 2.66. The highest BCUT2D eigenvalue weighted by molar-refractivity contribution is 5.86. The molecule has 1 aromatic rings. The molecule has 0 atom stereocenters. The van der Waals surface area contributed by atoms with Crippen LogP contribution in [-0.4, -0.2) is 11.9 Å². The molecule has 0 saturated heterocycles. The quantitative estimate of drug-likeness (QED) is 0.654. The van der Waals surface area contributed by atoms with Crippen molar-refractivity contribution in [2.24, 2.45) is 0 Å². The molecule has 0 radical (unpaired) electrons. The van der Waals surface area contributed by atoms with E-state index >= 15 is 0 Å². The summed E-state index contributed by atoms with van der Waals surface area (Å²) < 4.78 is 5.78. The molecule has 0 unspecified atom stereocenters. The first-order valence-electron chi connectivity index (χ1n) is 5.00. The van der Waals surface area contributed by atoms with E-state index in [2.05, 4.69) is 0 Å². The van der Waals surface area contributed by atoms with E-state index < -0.39 is 5.60 Å². The number of carbonyl (C=O) groups is 1. The van der Waals surface area contributed by atoms with Crippen LogP contribution in [0, 0.1) is 6.92 Å². The summed E-state index contributed by atoms with van der Waals surface area (Å²) in [6.07, 6.45) is 2.77. The summed E-state index contributed by atoms with van der Waals surface area (Å²) in [7, 11) is 0. The summed E-state index contributed by atoms with van der Waals surface area (Å²) in [6.45, 7) is 5.82. The number of aryl methyl sites for hydroxylation is 1. The molecule has 78 valence electrons. The van der Waals surface area contributed by atoms with Crippen LogP contribution in [0.5, 0.6) is 5.75 Å². The van der Waals surface area contributed by atoms with Crippen molar-refractivity contribution in [3.63, 3.8) is 0 Å². The summed E-state index contributed by atoms with van der Waals surface area (Å²) in [5.41, 5.74) is 2.31. The molecule has 0 bridgehead atoms. The normalized spacial score (nSPS) is 17.4. The Kier molecular flexibility index (Phi) is 2.14. The minimum Gasteiger partial charge on any atom is -0.482 e. The van der Waals surface area contributed by atoms with Crippen molar-refractivity contribution < 1.29 is 9.53 Å². The first-order chi connectivity index (χ1) is 7.03. The van der Waals surface area contributed by atoms with Gasteiger partial charge in [0.1, 0.15) is 17.6 Å². The second kappa shape index (κ2) is 3.23. The van der Waals surface area contributed by atoms with Gasteiger partial charge < -0.3 is 4.74 Å². The van der Waals surface area contributed by atoms with Crippen LogP contribution in [0.25, 0.3) is 6.08 Å². The van der Waals surface area contributed by atoms with Gasteiger partial charge in [0.25, 0.3) is 0 Å². The lowest BCUT2D eigenvalue weighted by atomic mass is 9.93. The molecule has 2 nitrogen and oxygen atoms in total. The minimum absolute atomic E-state index is 0.524. The largest absolute Gasteiger partial charge is 0.482 e. The monoisotopic (exact) mass is 202 g/mol. The van der Waals surface area contributed by atoms with Gasteiger partial charge >= 0.3 is 0 Å². The van der Waals surface area contributed by atoms with Gasteiger partial charge in [-0.05, 0) is 39.0 Å². The summed E-state index contributed by atoms with van der Waals surface area (Å²) in [5.74, 6) is 0.844. The van der Waals surface area contributed by atoms with E-state index in [0.717, 1.165) is 17.6 Å². The van der Waals surface area contributed by atoms with E-state index in [4.69, 9.17) is 4.74 Å². The number of aldehydes is 1. The lowest BCUT2D eigenvalue weighted by Crippen LogP contribution is -2.33. The van der Waals surface area contributed by atoms with Gasteiger partial charge in [0.15, 0.2) is 0 Å². The number of benzene rings is 1. The predicted molar refractivity (Wildman–Crippen MR) is 59.9 cm³/mol. The highest BCUT2D eigenvalue weighted by atomic mass is 16.5. The molecular weight excluding hydrogens is 188 g/mol. The number of fused-ring (bicyclic) bond motifs is 1. The second-order valence-corrected chi connectivity index (χ2v) is 4.37. The molecule has 1 aliphatic rings. The molecule has 1 aliphatic heterocycles. The molecule has 0 N–H and O–H groups in total. The summed E-state index contributed by atoms with van der Waals surface area (Å²) in [6, 6.07) is 5.98. The summed E-state index contributed by atoms with van der Waals surface area (Å²) in [4.78, 5) is 10.9. The minimum atomic E-state index is -0.524. The number of hydrogen-bond donors (Lipinski definition) is 0. The molecule has 0 saturated carbocycles. The molecular formula is C13H14O2. The molecule has 0 fully saturated rings. The molecule has 2 rings (SSSR count). The predicted octanol–water partition coefficient (Wildman–Crippen LogP) is 2.75. The van der Waals surface area contributed by atoms with E-state index in [-0.39, 0.29) is 0 Å². The number of hydrogen-bond acceptors (Lipinski definition) is 2. The number of carbonyl (C=O) groups excluding carboxylic acids is 1. The standard InChI is InChI=1S/C13H14O2/c1-9-4-5-12-10(6-9)7-11(8-14)13(2,3)15-12/h4-8H,1-3H3. The van der Waals surface area contributed by atoms with E-state index in [1.165, 1.54) is 5.56 Å². The Morgan fingerprint density at radius 2 is 2.07 bits per heavy atom. The van der Waals surface area contributed by atoms with Crippen molar-refractivity contribution in [1.82, 2.24) is 0 Å². The van der Waals surface area contributed by atoms with Gasteiger partial charge in [0.05, 0.1) is 0 Å². The first kappa shape index (κ1) is 9.97. The van der Waals surface area contributed by atoms with Crippen molar-refractivity contribution in [2.75, 3.05) is 0 Å². The molecule has 1 aromatic carbocycles. The molecule has 0 amide bonds. The van der Waals surface area contributed by atoms with Crippen LogP contribution < -0.4 is 4.74 Å². The Hall–Kier alpha value is -1.57. The molecule has 15 heavy (non-hydrogen) atoms. The fraction of sp³-hybridized carbons (Fsp3) is 0.308. The lowest BCUT2D eigenvalue weighted by molar-refractivity contribution is -0.106. The zero-order chi connectivity index (χ0) is 11.1. The van der Waals surface area contributed by atoms with Gasteiger partial charge in [0.2, 0.25) is 0 Å². The van der Waals surface area contributed by atoms with E-state index in [1.807, 2.05) is 45.0 Å². The van der Waals surface area contributed by atoms with Crippen LogP contribution in [-0.2, 0) is 4.79 Å². The van der Waals surface area contributed by atoms with E-state index in [9.17, 15) is 4.79 Å². The molecule has 0 aliphatic carbocycles. The first-order valence-corrected chi connectivity index (χ1v) is 5.00. The maximum atomic E-state index is 10.9. The van der Waals surface area contributed by atoms with Gasteiger partial charge in [-0.3, -0.25) is 4.79 Å². The van der Waals surface area contributed by atoms with Crippen molar-refractivity contribution in [3.05, 3.63) is 34.9 Å². The van der Waals surface area contributed by atoms with Crippen molar-refractivity contribution >= 4 is 12.4 Å². The smallest absolute Gasteiger partial charge is 0.150 e. The highest BCUT2D eigenvalue weighted by Crippen LogP contribution is 2.34. The number of rotatable bonds is 1. The zero-order valence-corrected chi connectivity index (χ0v) is 9.20. The maximum Gasteiger partial charge on any atom is 0.150 e. The van der Waals surface area contributed by atoms with Crippen LogP contribution in [0.15, 0.2) is 23.8 Å². The average molecular weight is 202 g/mol. The Morgan fingerprint density at radius 3 is 2.73 bits per heavy atom. The molecule has 0 spiro atoms. The maximum absolute atomic E-state index is 10.9. The highest BCUT2D eigenvalue weighted by Gasteiger charge is 2.29. The summed E-state index contributed by atoms with van der Waals surface area (Å²) >= 11 is 0. The average Bonchev–Trinajstić information content (AvgIpc) is 2.17. The van der Waals surface area contributed by atoms with Crippen molar-refractivity contribution in [1.29, 1.82) is 0 Å². The fourth-order valence-electron chi connectivity index (χ4n) is 1.72. The molecule has 1 heterocycles. The topological polar surface area (TPSA) is 26.3 Å². The third-order valence-electron chi connectivity index (χ3n) is 2.66. The molecule has 2 heteroatoms. The summed E-state index contributed by atoms with van der Waals surface area (Å²) in [5, 5.41) is 0. The Balaban J connectivity index is 2.57. The van der Waals surface area contributed by atoms with E-state index in [1.54, 1.807) is 0 Å². The van der Waals surface area contributed by atoms with Gasteiger partial charge in [-0.2, -0.15) is 0 Å². The Bertz CT molecular complexity index is 442. The van der Waals surface area contributed by atoms with Crippen molar-refractivity contribution in [2.45, 2.75) is 26.4 Å². The third kappa shape index (κ3) is 1.67. The second-order valence-electron chi connectivity index (χ2n) is 4.37.